The predicted octanol–water partition coefficient (Wildman–Crippen LogP) is 4.10. The zero-order valence-corrected chi connectivity index (χ0v) is 21.6. The Balaban J connectivity index is 1.72. The fraction of sp³-hybridized carbons (Fsp3) is 0.955. The maximum Gasteiger partial charge on any atom is 0.0608 e. The Hall–Kier alpha value is -0.0800. The van der Waals surface area contributed by atoms with Gasteiger partial charge in [0.05, 0.1) is 11.8 Å². The number of hydrogen-bond acceptors (Lipinski definition) is 9. The second kappa shape index (κ2) is 12.6. The number of hydrazone groups is 1. The van der Waals surface area contributed by atoms with E-state index in [4.69, 9.17) is 5.10 Å². The number of hydroxylamine groups is 4. The lowest BCUT2D eigenvalue weighted by atomic mass is 9.84. The standard InChI is InChI=1S/C22H40IN5O4/c1-3-16-5-4-15(2)26(13-16)14-21(17-6-8-18(23)9-7-17)25-24-20-11-10-19(27(29)30)12-22(20)28(31)32/h15-20,22,24,29,31H,3-14H2,1-2H3/q-2. The summed E-state index contributed by atoms with van der Waals surface area (Å²) in [6, 6.07) is -1.31. The van der Waals surface area contributed by atoms with Crippen molar-refractivity contribution in [3.05, 3.63) is 10.4 Å². The number of halogens is 1. The molecule has 5 unspecified atom stereocenters. The molecule has 3 fully saturated rings. The van der Waals surface area contributed by atoms with Gasteiger partial charge < -0.3 is 26.3 Å². The summed E-state index contributed by atoms with van der Waals surface area (Å²) in [4.78, 5) is 2.57. The third-order valence-corrected chi connectivity index (χ3v) is 9.18. The molecule has 0 aromatic carbocycles. The maximum atomic E-state index is 11.8. The molecule has 32 heavy (non-hydrogen) atoms. The molecule has 186 valence electrons. The van der Waals surface area contributed by atoms with E-state index in [1.165, 1.54) is 32.1 Å². The fourth-order valence-corrected chi connectivity index (χ4v) is 6.27. The van der Waals surface area contributed by atoms with Crippen molar-refractivity contribution in [3.63, 3.8) is 0 Å². The summed E-state index contributed by atoms with van der Waals surface area (Å²) in [5, 5.41) is 46.6. The van der Waals surface area contributed by atoms with Gasteiger partial charge in [-0.1, -0.05) is 35.9 Å². The topological polar surface area (TPSA) is 121 Å². The molecule has 2 aliphatic carbocycles. The summed E-state index contributed by atoms with van der Waals surface area (Å²) in [6.45, 7) is 6.52. The first-order chi connectivity index (χ1) is 15.3. The normalized spacial score (nSPS) is 37.8. The van der Waals surface area contributed by atoms with E-state index in [2.05, 4.69) is 46.8 Å². The van der Waals surface area contributed by atoms with E-state index in [9.17, 15) is 20.8 Å². The lowest BCUT2D eigenvalue weighted by Gasteiger charge is -2.45. The molecule has 0 aromatic rings. The van der Waals surface area contributed by atoms with Crippen molar-refractivity contribution in [2.24, 2.45) is 16.9 Å². The number of nitrogens with one attached hydrogen (secondary N) is 1. The van der Waals surface area contributed by atoms with E-state index < -0.39 is 12.1 Å². The van der Waals surface area contributed by atoms with Crippen LogP contribution in [0.1, 0.15) is 78.1 Å². The van der Waals surface area contributed by atoms with E-state index in [1.807, 2.05) is 0 Å². The lowest BCUT2D eigenvalue weighted by molar-refractivity contribution is -0.137. The summed E-state index contributed by atoms with van der Waals surface area (Å²) in [5.74, 6) is 1.17. The van der Waals surface area contributed by atoms with Gasteiger partial charge in [0.25, 0.3) is 0 Å². The van der Waals surface area contributed by atoms with Gasteiger partial charge in [0.15, 0.2) is 0 Å². The van der Waals surface area contributed by atoms with Crippen LogP contribution in [0.3, 0.4) is 0 Å². The molecular formula is C22H40IN5O4-2. The highest BCUT2D eigenvalue weighted by molar-refractivity contribution is 14.1. The van der Waals surface area contributed by atoms with Crippen LogP contribution in [0.25, 0.3) is 0 Å². The van der Waals surface area contributed by atoms with Crippen LogP contribution >= 0.6 is 22.6 Å². The van der Waals surface area contributed by atoms with Crippen molar-refractivity contribution < 1.29 is 10.4 Å². The van der Waals surface area contributed by atoms with Crippen LogP contribution in [-0.4, -0.2) is 72.7 Å². The van der Waals surface area contributed by atoms with E-state index in [0.29, 0.717) is 24.8 Å². The zero-order valence-electron chi connectivity index (χ0n) is 19.4. The number of hydrogen-bond donors (Lipinski definition) is 3. The van der Waals surface area contributed by atoms with Gasteiger partial charge in [-0.05, 0) is 70.6 Å². The van der Waals surface area contributed by atoms with Crippen LogP contribution < -0.4 is 5.43 Å². The molecule has 0 spiro atoms. The summed E-state index contributed by atoms with van der Waals surface area (Å²) < 4.78 is 0.730. The highest BCUT2D eigenvalue weighted by atomic mass is 127. The average Bonchev–Trinajstić information content (AvgIpc) is 2.78. The van der Waals surface area contributed by atoms with Crippen LogP contribution in [0.2, 0.25) is 0 Å². The first-order valence-electron chi connectivity index (χ1n) is 12.3. The van der Waals surface area contributed by atoms with E-state index in [1.54, 1.807) is 0 Å². The number of likely N-dealkylation sites (tertiary alicyclic amines) is 1. The fourth-order valence-electron chi connectivity index (χ4n) is 5.55. The van der Waals surface area contributed by atoms with Crippen molar-refractivity contribution in [2.75, 3.05) is 13.1 Å². The number of rotatable bonds is 8. The monoisotopic (exact) mass is 565 g/mol. The van der Waals surface area contributed by atoms with Crippen LogP contribution in [0.4, 0.5) is 0 Å². The minimum absolute atomic E-state index is 0.0810. The van der Waals surface area contributed by atoms with Crippen molar-refractivity contribution in [3.8, 4) is 0 Å². The van der Waals surface area contributed by atoms with Crippen LogP contribution in [0, 0.1) is 22.3 Å². The van der Waals surface area contributed by atoms with E-state index in [-0.39, 0.29) is 22.9 Å². The zero-order chi connectivity index (χ0) is 23.3. The molecule has 0 radical (unpaired) electrons. The van der Waals surface area contributed by atoms with E-state index in [0.717, 1.165) is 41.5 Å². The van der Waals surface area contributed by atoms with Gasteiger partial charge in [-0.25, -0.2) is 0 Å². The summed E-state index contributed by atoms with van der Waals surface area (Å²) in [6.07, 6.45) is 9.42. The number of nitrogens with zero attached hydrogens (tertiary/aromatic N) is 4. The Labute approximate surface area is 205 Å². The minimum Gasteiger partial charge on any atom is -0.762 e. The van der Waals surface area contributed by atoms with Gasteiger partial charge in [0.1, 0.15) is 0 Å². The second-order valence-corrected chi connectivity index (χ2v) is 11.8. The molecule has 3 N–H and O–H groups in total. The predicted molar refractivity (Wildman–Crippen MR) is 134 cm³/mol. The molecule has 10 heteroatoms. The number of alkyl halides is 1. The van der Waals surface area contributed by atoms with Crippen LogP contribution in [0.15, 0.2) is 5.10 Å². The largest absolute Gasteiger partial charge is 0.762 e. The Morgan fingerprint density at radius 3 is 2.41 bits per heavy atom. The van der Waals surface area contributed by atoms with Crippen molar-refractivity contribution in [1.29, 1.82) is 0 Å². The smallest absolute Gasteiger partial charge is 0.0608 e. The minimum atomic E-state index is -0.814. The molecule has 0 amide bonds. The second-order valence-electron chi connectivity index (χ2n) is 10.1. The van der Waals surface area contributed by atoms with E-state index >= 15 is 0 Å². The average molecular weight is 565 g/mol. The van der Waals surface area contributed by atoms with Gasteiger partial charge >= 0.3 is 0 Å². The molecule has 2 saturated carbocycles. The van der Waals surface area contributed by atoms with Crippen molar-refractivity contribution >= 4 is 28.3 Å². The molecule has 3 rings (SSSR count). The van der Waals surface area contributed by atoms with Crippen molar-refractivity contribution in [2.45, 2.75) is 106 Å². The Morgan fingerprint density at radius 1 is 1.06 bits per heavy atom. The Bertz CT molecular complexity index is 603. The highest BCUT2D eigenvalue weighted by Gasteiger charge is 2.33. The molecule has 1 saturated heterocycles. The summed E-state index contributed by atoms with van der Waals surface area (Å²) in [5.41, 5.74) is 4.36. The SMILES string of the molecule is CCC1CCC(C)N(CC(=NNC2CCC(N([O-])O)CC2N([O-])O)C2CCC(I)CC2)C1. The molecule has 1 heterocycles. The molecule has 1 aliphatic heterocycles. The highest BCUT2D eigenvalue weighted by Crippen LogP contribution is 2.32. The third kappa shape index (κ3) is 7.21. The first kappa shape index (κ1) is 26.5. The molecule has 3 aliphatic rings. The van der Waals surface area contributed by atoms with Gasteiger partial charge in [0, 0.05) is 41.1 Å². The first-order valence-corrected chi connectivity index (χ1v) is 13.5. The van der Waals surface area contributed by atoms with Gasteiger partial charge in [-0.2, -0.15) is 5.10 Å². The van der Waals surface area contributed by atoms with Crippen molar-refractivity contribution in [1.82, 2.24) is 20.8 Å². The van der Waals surface area contributed by atoms with Crippen LogP contribution in [-0.2, 0) is 0 Å². The Kier molecular flexibility index (Phi) is 10.4. The summed E-state index contributed by atoms with van der Waals surface area (Å²) in [7, 11) is 0. The molecule has 0 aromatic heterocycles. The lowest BCUT2D eigenvalue weighted by Crippen LogP contribution is -2.53. The maximum absolute atomic E-state index is 11.8. The molecule has 5 atom stereocenters. The quantitative estimate of drug-likeness (QED) is 0.174. The van der Waals surface area contributed by atoms with Gasteiger partial charge in [0.2, 0.25) is 0 Å². The molecule has 9 nitrogen and oxygen atoms in total. The van der Waals surface area contributed by atoms with Gasteiger partial charge in [-0.3, -0.25) is 15.4 Å². The third-order valence-electron chi connectivity index (χ3n) is 7.94. The number of piperidine rings is 1. The Morgan fingerprint density at radius 2 is 1.78 bits per heavy atom. The van der Waals surface area contributed by atoms with Gasteiger partial charge in [-0.15, -0.1) is 0 Å². The summed E-state index contributed by atoms with van der Waals surface area (Å²) >= 11 is 2.55. The van der Waals surface area contributed by atoms with Crippen LogP contribution in [0.5, 0.6) is 0 Å². The molecule has 0 bridgehead atoms. The molecular weight excluding hydrogens is 525 g/mol.